The van der Waals surface area contributed by atoms with Crippen LogP contribution in [0.2, 0.25) is 0 Å². The molecule has 0 saturated heterocycles. The van der Waals surface area contributed by atoms with Crippen molar-refractivity contribution in [2.45, 2.75) is 173 Å². The van der Waals surface area contributed by atoms with Crippen LogP contribution in [0.1, 0.15) is 131 Å². The van der Waals surface area contributed by atoms with Gasteiger partial charge in [0.05, 0.1) is 18.0 Å². The van der Waals surface area contributed by atoms with E-state index in [-0.39, 0.29) is 76.5 Å². The number of hydrogen-bond acceptors (Lipinski definition) is 31. The Morgan fingerprint density at radius 3 is 1.03 bits per heavy atom. The van der Waals surface area contributed by atoms with Crippen molar-refractivity contribution in [2.24, 2.45) is 0 Å². The second kappa shape index (κ2) is 84.9. The van der Waals surface area contributed by atoms with E-state index in [9.17, 15) is 43.2 Å². The fraction of sp³-hybridized carbons (Fsp3) is 0.836. The Morgan fingerprint density at radius 2 is 0.756 bits per heavy atom. The van der Waals surface area contributed by atoms with E-state index in [0.29, 0.717) is 37.1 Å². The summed E-state index contributed by atoms with van der Waals surface area (Å²) in [5.41, 5.74) is 0.718. The summed E-state index contributed by atoms with van der Waals surface area (Å²) < 4.78 is 93.0. The lowest BCUT2D eigenvalue weighted by atomic mass is 10.3. The SMILES string of the molecule is CCC(=O)COCOC(C)=O.CCOC(C)OC.CCOC(C)OC(C)=O.CCOC(C)SC.CCOCC(=O)OCOC(C)=O.CCOCOC(=O)COC(C)=O.COC(=O)C(C)OC.COC(C)OC.COC(C)OC(C)=O.COC(C)SC. The molecule has 86 heavy (non-hydrogen) atoms. The van der Waals surface area contributed by atoms with Gasteiger partial charge in [0.2, 0.25) is 6.79 Å². The molecule has 0 aliphatic carbocycles. The van der Waals surface area contributed by atoms with E-state index in [4.69, 9.17) is 37.9 Å². The van der Waals surface area contributed by atoms with Gasteiger partial charge in [-0.2, -0.15) is 0 Å². The summed E-state index contributed by atoms with van der Waals surface area (Å²) in [5, 5.41) is 0. The van der Waals surface area contributed by atoms with Crippen molar-refractivity contribution in [1.82, 2.24) is 0 Å². The highest BCUT2D eigenvalue weighted by atomic mass is 32.2. The largest absolute Gasteiger partial charge is 0.467 e. The van der Waals surface area contributed by atoms with Crippen molar-refractivity contribution in [3.05, 3.63) is 0 Å². The second-order valence-corrected chi connectivity index (χ2v) is 17.1. The minimum absolute atomic E-state index is 0.00264. The molecule has 6 unspecified atom stereocenters. The van der Waals surface area contributed by atoms with E-state index in [0.717, 1.165) is 13.2 Å². The molecule has 0 amide bonds. The number of thioether (sulfide) groups is 2. The molecule has 518 valence electrons. The van der Waals surface area contributed by atoms with E-state index in [1.807, 2.05) is 61.0 Å². The third-order valence-electron chi connectivity index (χ3n) is 7.89. The second-order valence-electron chi connectivity index (χ2n) is 14.9. The van der Waals surface area contributed by atoms with Gasteiger partial charge in [0.15, 0.2) is 57.2 Å². The Balaban J connectivity index is -0.0000000941. The summed E-state index contributed by atoms with van der Waals surface area (Å²) in [6.07, 6.45) is 3.11. The third kappa shape index (κ3) is 122. The molecule has 31 heteroatoms. The number of methoxy groups -OCH3 is 7. The topological polar surface area (TPSA) is 338 Å². The van der Waals surface area contributed by atoms with E-state index in [1.165, 1.54) is 55.9 Å². The molecular formula is C55H112O29S2. The quantitative estimate of drug-likeness (QED) is 0.0281. The summed E-state index contributed by atoms with van der Waals surface area (Å²) in [6, 6.07) is 0. The van der Waals surface area contributed by atoms with Gasteiger partial charge in [-0.1, -0.05) is 6.92 Å². The fourth-order valence-electron chi connectivity index (χ4n) is 3.02. The smallest absolute Gasteiger partial charge is 0.346 e. The van der Waals surface area contributed by atoms with Gasteiger partial charge in [-0.05, 0) is 95.6 Å². The normalized spacial score (nSPS) is 11.5. The predicted octanol–water partition coefficient (Wildman–Crippen LogP) is 7.06. The van der Waals surface area contributed by atoms with E-state index < -0.39 is 48.5 Å². The maximum atomic E-state index is 10.6. The van der Waals surface area contributed by atoms with Crippen LogP contribution in [-0.2, 0) is 138 Å². The van der Waals surface area contributed by atoms with Gasteiger partial charge in [-0.3, -0.25) is 28.8 Å². The number of carbonyl (C=O) groups is 9. The Bertz CT molecular complexity index is 1500. The number of ether oxygens (including phenoxy) is 20. The minimum Gasteiger partial charge on any atom is -0.467 e. The van der Waals surface area contributed by atoms with Crippen molar-refractivity contribution in [2.75, 3.05) is 136 Å². The molecule has 0 aromatic rings. The highest BCUT2D eigenvalue weighted by Crippen LogP contribution is 2.05. The van der Waals surface area contributed by atoms with Crippen molar-refractivity contribution >= 4 is 77.1 Å². The molecule has 0 saturated carbocycles. The predicted molar refractivity (Wildman–Crippen MR) is 322 cm³/mol. The van der Waals surface area contributed by atoms with Crippen molar-refractivity contribution in [3.63, 3.8) is 0 Å². The van der Waals surface area contributed by atoms with Crippen LogP contribution in [0.5, 0.6) is 0 Å². The Morgan fingerprint density at radius 1 is 0.360 bits per heavy atom. The van der Waals surface area contributed by atoms with Gasteiger partial charge in [0.1, 0.15) is 13.2 Å². The zero-order valence-electron chi connectivity index (χ0n) is 56.7. The Kier molecular flexibility index (Phi) is 102. The van der Waals surface area contributed by atoms with Crippen molar-refractivity contribution < 1.29 is 138 Å². The van der Waals surface area contributed by atoms with Crippen LogP contribution in [0.25, 0.3) is 0 Å². The number of ketones is 1. The maximum absolute atomic E-state index is 10.6. The molecule has 0 radical (unpaired) electrons. The first-order valence-corrected chi connectivity index (χ1v) is 29.3. The molecule has 0 N–H and O–H groups in total. The van der Waals surface area contributed by atoms with E-state index >= 15 is 0 Å². The van der Waals surface area contributed by atoms with Crippen LogP contribution in [0, 0.1) is 0 Å². The summed E-state index contributed by atoms with van der Waals surface area (Å²) >= 11 is 3.43. The Labute approximate surface area is 521 Å². The molecule has 0 heterocycles. The van der Waals surface area contributed by atoms with Gasteiger partial charge in [-0.25, -0.2) is 14.4 Å². The molecule has 6 atom stereocenters. The number of esters is 8. The molecule has 0 rings (SSSR count). The zero-order valence-corrected chi connectivity index (χ0v) is 58.3. The Hall–Kier alpha value is -4.35. The molecule has 0 bridgehead atoms. The molecule has 29 nitrogen and oxygen atoms in total. The van der Waals surface area contributed by atoms with Crippen LogP contribution in [0.4, 0.5) is 0 Å². The average Bonchev–Trinajstić information content (AvgIpc) is 3.47. The average molecular weight is 1300 g/mol. The van der Waals surface area contributed by atoms with Crippen LogP contribution in [0.3, 0.4) is 0 Å². The van der Waals surface area contributed by atoms with E-state index in [1.54, 1.807) is 93.5 Å². The lowest BCUT2D eigenvalue weighted by molar-refractivity contribution is -0.171. The first-order chi connectivity index (χ1) is 40.3. The fourth-order valence-corrected chi connectivity index (χ4v) is 3.49. The lowest BCUT2D eigenvalue weighted by Crippen LogP contribution is -2.19. The summed E-state index contributed by atoms with van der Waals surface area (Å²) in [6.45, 7) is 32.2. The molecule has 0 aromatic carbocycles. The van der Waals surface area contributed by atoms with Gasteiger partial charge < -0.3 is 94.7 Å². The summed E-state index contributed by atoms with van der Waals surface area (Å²) in [5.74, 6) is -3.53. The van der Waals surface area contributed by atoms with Crippen LogP contribution in [0.15, 0.2) is 0 Å². The van der Waals surface area contributed by atoms with Crippen LogP contribution in [-0.4, -0.2) is 231 Å². The molecule has 0 aliphatic heterocycles. The highest BCUT2D eigenvalue weighted by Gasteiger charge is 2.10. The summed E-state index contributed by atoms with van der Waals surface area (Å²) in [4.78, 5) is 93.2. The first kappa shape index (κ1) is 103. The highest BCUT2D eigenvalue weighted by molar-refractivity contribution is 7.99. The molecule has 0 spiro atoms. The number of rotatable bonds is 32. The van der Waals surface area contributed by atoms with Gasteiger partial charge in [0.25, 0.3) is 0 Å². The van der Waals surface area contributed by atoms with Crippen molar-refractivity contribution in [1.29, 1.82) is 0 Å². The maximum Gasteiger partial charge on any atom is 0.346 e. The zero-order chi connectivity index (χ0) is 69.3. The first-order valence-electron chi connectivity index (χ1n) is 26.7. The molecule has 0 aliphatic rings. The van der Waals surface area contributed by atoms with Crippen molar-refractivity contribution in [3.8, 4) is 0 Å². The summed E-state index contributed by atoms with van der Waals surface area (Å²) in [7, 11) is 10.8. The van der Waals surface area contributed by atoms with Crippen LogP contribution >= 0.6 is 23.5 Å². The standard InChI is InChI=1S/2C7H12O5.C7H12O4.C6H12O3.2C5H10O3.C5H12O2.C5H12OS.C4H10O2.C4H10OS/c1-3-10-5-12-7(9)4-11-6(2)8;1-3-10-4-7(9)12-5-11-6(2)8;1-3-7(9)4-10-5-11-6(2)8;1-4-8-6(3)9-5(2)7;1-4(7-2)5(6)8-3;1-4(6)8-5(2)7-3;1-4-7-5(2)6-3;1-4-6-5(2)7-3;2*1-4(5-2)6-3/h2*3-5H2,1-2H3;3-5H2,1-2H3;6H,4H2,1-3H3;4H,1-3H3;5H,1-3H3;2*5H,4H2,1-3H3;2*4H,1-3H3. The van der Waals surface area contributed by atoms with Gasteiger partial charge >= 0.3 is 47.8 Å². The molecule has 0 fully saturated rings. The number of hydrogen-bond donors (Lipinski definition) is 0. The third-order valence-corrected chi connectivity index (χ3v) is 9.54. The number of Topliss-reactive ketones (excluding diaryl/α,β-unsaturated/α-hetero) is 1. The minimum atomic E-state index is -0.612. The molecule has 0 aromatic heterocycles. The lowest BCUT2D eigenvalue weighted by Gasteiger charge is -2.09. The molecular weight excluding hydrogens is 1190 g/mol. The number of carbonyl (C=O) groups excluding carboxylic acids is 9. The van der Waals surface area contributed by atoms with Crippen LogP contribution < -0.4 is 0 Å². The van der Waals surface area contributed by atoms with E-state index in [2.05, 4.69) is 56.8 Å². The monoisotopic (exact) mass is 1300 g/mol. The van der Waals surface area contributed by atoms with Gasteiger partial charge in [-0.15, -0.1) is 23.5 Å². The van der Waals surface area contributed by atoms with Gasteiger partial charge in [0, 0.05) is 117 Å².